The quantitative estimate of drug-likeness (QED) is 0.750. The molecule has 0 unspecified atom stereocenters. The van der Waals surface area contributed by atoms with Crippen LogP contribution in [-0.4, -0.2) is 40.9 Å². The van der Waals surface area contributed by atoms with Gasteiger partial charge in [-0.1, -0.05) is 36.4 Å². The number of benzene rings is 2. The molecule has 3 rings (SSSR count). The first-order chi connectivity index (χ1) is 12.2. The zero-order valence-electron chi connectivity index (χ0n) is 14.0. The summed E-state index contributed by atoms with van der Waals surface area (Å²) in [6.45, 7) is 0.895. The maximum Gasteiger partial charge on any atom is 0.322 e. The molecule has 128 valence electrons. The number of carbonyl (C=O) groups is 1. The first-order valence-corrected chi connectivity index (χ1v) is 8.03. The fourth-order valence-electron chi connectivity index (χ4n) is 2.24. The van der Waals surface area contributed by atoms with Gasteiger partial charge < -0.3 is 9.64 Å². The first kappa shape index (κ1) is 16.6. The van der Waals surface area contributed by atoms with Gasteiger partial charge in [-0.05, 0) is 24.3 Å². The van der Waals surface area contributed by atoms with Crippen LogP contribution in [0.3, 0.4) is 0 Å². The Kier molecular flexibility index (Phi) is 5.31. The highest BCUT2D eigenvalue weighted by Gasteiger charge is 2.10. The van der Waals surface area contributed by atoms with Gasteiger partial charge >= 0.3 is 6.03 Å². The van der Waals surface area contributed by atoms with Gasteiger partial charge in [-0.25, -0.2) is 9.48 Å². The smallest absolute Gasteiger partial charge is 0.322 e. The molecular formula is C19H20N4O2. The number of ether oxygens (including phenoxy) is 1. The van der Waals surface area contributed by atoms with E-state index in [0.29, 0.717) is 19.0 Å². The van der Waals surface area contributed by atoms with Crippen LogP contribution in [0.15, 0.2) is 72.9 Å². The normalized spacial score (nSPS) is 10.3. The van der Waals surface area contributed by atoms with Gasteiger partial charge in [0.25, 0.3) is 0 Å². The summed E-state index contributed by atoms with van der Waals surface area (Å²) in [5.74, 6) is 1.29. The summed E-state index contributed by atoms with van der Waals surface area (Å²) in [7, 11) is 1.72. The molecular weight excluding hydrogens is 316 g/mol. The van der Waals surface area contributed by atoms with E-state index in [1.165, 1.54) is 0 Å². The lowest BCUT2D eigenvalue weighted by Crippen LogP contribution is -2.34. The molecule has 25 heavy (non-hydrogen) atoms. The Morgan fingerprint density at radius 2 is 1.76 bits per heavy atom. The molecule has 1 N–H and O–H groups in total. The standard InChI is InChI=1S/C19H20N4O2/c1-22(14-15-25-17-10-6-3-7-11-17)19(24)20-18-12-13-23(21-18)16-8-4-2-5-9-16/h2-13H,14-15H2,1H3,(H,20,21,24). The SMILES string of the molecule is CN(CCOc1ccccc1)C(=O)Nc1ccn(-c2ccccc2)n1. The molecule has 0 atom stereocenters. The Hall–Kier alpha value is -3.28. The zero-order chi connectivity index (χ0) is 17.5. The first-order valence-electron chi connectivity index (χ1n) is 8.03. The fraction of sp³-hybridized carbons (Fsp3) is 0.158. The van der Waals surface area contributed by atoms with Crippen LogP contribution in [-0.2, 0) is 0 Å². The van der Waals surface area contributed by atoms with Gasteiger partial charge in [0.1, 0.15) is 12.4 Å². The van der Waals surface area contributed by atoms with Crippen molar-refractivity contribution < 1.29 is 9.53 Å². The Morgan fingerprint density at radius 3 is 2.48 bits per heavy atom. The largest absolute Gasteiger partial charge is 0.492 e. The number of hydrogen-bond acceptors (Lipinski definition) is 3. The number of rotatable bonds is 6. The molecule has 6 nitrogen and oxygen atoms in total. The molecule has 1 heterocycles. The van der Waals surface area contributed by atoms with Gasteiger partial charge in [0.15, 0.2) is 5.82 Å². The van der Waals surface area contributed by atoms with E-state index in [9.17, 15) is 4.79 Å². The third-order valence-corrected chi connectivity index (χ3v) is 3.63. The van der Waals surface area contributed by atoms with Crippen molar-refractivity contribution in [3.8, 4) is 11.4 Å². The van der Waals surface area contributed by atoms with Crippen molar-refractivity contribution in [2.75, 3.05) is 25.5 Å². The number of nitrogens with one attached hydrogen (secondary N) is 1. The van der Waals surface area contributed by atoms with Crippen LogP contribution < -0.4 is 10.1 Å². The molecule has 0 saturated carbocycles. The number of likely N-dealkylation sites (N-methyl/N-ethyl adjacent to an activating group) is 1. The van der Waals surface area contributed by atoms with Crippen LogP contribution >= 0.6 is 0 Å². The van der Waals surface area contributed by atoms with Gasteiger partial charge in [-0.3, -0.25) is 5.32 Å². The molecule has 0 radical (unpaired) electrons. The number of urea groups is 1. The minimum atomic E-state index is -0.227. The second-order valence-corrected chi connectivity index (χ2v) is 5.49. The van der Waals surface area contributed by atoms with E-state index in [4.69, 9.17) is 4.74 Å². The fourth-order valence-corrected chi connectivity index (χ4v) is 2.24. The van der Waals surface area contributed by atoms with E-state index in [0.717, 1.165) is 11.4 Å². The van der Waals surface area contributed by atoms with E-state index in [1.807, 2.05) is 66.9 Å². The van der Waals surface area contributed by atoms with Crippen molar-refractivity contribution in [1.82, 2.24) is 14.7 Å². The molecule has 0 bridgehead atoms. The predicted octanol–water partition coefficient (Wildman–Crippen LogP) is 3.42. The Labute approximate surface area is 146 Å². The Morgan fingerprint density at radius 1 is 1.08 bits per heavy atom. The highest BCUT2D eigenvalue weighted by atomic mass is 16.5. The molecule has 0 spiro atoms. The van der Waals surface area contributed by atoms with E-state index in [2.05, 4.69) is 10.4 Å². The maximum atomic E-state index is 12.2. The van der Waals surface area contributed by atoms with Crippen molar-refractivity contribution in [3.63, 3.8) is 0 Å². The zero-order valence-corrected chi connectivity index (χ0v) is 14.0. The van der Waals surface area contributed by atoms with E-state index in [-0.39, 0.29) is 6.03 Å². The summed E-state index contributed by atoms with van der Waals surface area (Å²) in [6.07, 6.45) is 1.81. The highest BCUT2D eigenvalue weighted by molar-refractivity contribution is 5.88. The number of hydrogen-bond donors (Lipinski definition) is 1. The van der Waals surface area contributed by atoms with Crippen LogP contribution in [0.25, 0.3) is 5.69 Å². The van der Waals surface area contributed by atoms with Crippen LogP contribution in [0.2, 0.25) is 0 Å². The lowest BCUT2D eigenvalue weighted by molar-refractivity contribution is 0.207. The van der Waals surface area contributed by atoms with E-state index in [1.54, 1.807) is 22.7 Å². The third kappa shape index (κ3) is 4.60. The molecule has 0 fully saturated rings. The third-order valence-electron chi connectivity index (χ3n) is 3.63. The monoisotopic (exact) mass is 336 g/mol. The van der Waals surface area contributed by atoms with Gasteiger partial charge in [-0.15, -0.1) is 5.10 Å². The summed E-state index contributed by atoms with van der Waals surface area (Å²) >= 11 is 0. The summed E-state index contributed by atoms with van der Waals surface area (Å²) < 4.78 is 7.31. The Bertz CT molecular complexity index is 803. The molecule has 0 aliphatic heterocycles. The average molecular weight is 336 g/mol. The molecule has 1 aromatic heterocycles. The molecule has 0 aliphatic rings. The number of anilines is 1. The lowest BCUT2D eigenvalue weighted by atomic mass is 10.3. The van der Waals surface area contributed by atoms with E-state index >= 15 is 0 Å². The van der Waals surface area contributed by atoms with Gasteiger partial charge in [0.2, 0.25) is 0 Å². The van der Waals surface area contributed by atoms with Crippen molar-refractivity contribution in [2.24, 2.45) is 0 Å². The lowest BCUT2D eigenvalue weighted by Gasteiger charge is -2.17. The molecule has 3 aromatic rings. The summed E-state index contributed by atoms with van der Waals surface area (Å²) in [5.41, 5.74) is 0.938. The molecule has 0 saturated heterocycles. The van der Waals surface area contributed by atoms with E-state index < -0.39 is 0 Å². The topological polar surface area (TPSA) is 59.4 Å². The van der Waals surface area contributed by atoms with Crippen molar-refractivity contribution in [3.05, 3.63) is 72.9 Å². The van der Waals surface area contributed by atoms with Crippen molar-refractivity contribution in [1.29, 1.82) is 0 Å². The van der Waals surface area contributed by atoms with Gasteiger partial charge in [-0.2, -0.15) is 0 Å². The summed E-state index contributed by atoms with van der Waals surface area (Å²) in [6, 6.07) is 20.8. The molecule has 2 amide bonds. The average Bonchev–Trinajstić information content (AvgIpc) is 3.12. The maximum absolute atomic E-state index is 12.2. The van der Waals surface area contributed by atoms with Crippen LogP contribution in [0.5, 0.6) is 5.75 Å². The minimum Gasteiger partial charge on any atom is -0.492 e. The number of carbonyl (C=O) groups excluding carboxylic acids is 1. The highest BCUT2D eigenvalue weighted by Crippen LogP contribution is 2.11. The number of aromatic nitrogens is 2. The second kappa shape index (κ2) is 8.01. The van der Waals surface area contributed by atoms with Gasteiger partial charge in [0, 0.05) is 19.3 Å². The van der Waals surface area contributed by atoms with Gasteiger partial charge in [0.05, 0.1) is 12.2 Å². The number of amides is 2. The van der Waals surface area contributed by atoms with Crippen LogP contribution in [0.1, 0.15) is 0 Å². The number of para-hydroxylation sites is 2. The van der Waals surface area contributed by atoms with Crippen LogP contribution in [0, 0.1) is 0 Å². The Balaban J connectivity index is 1.49. The molecule has 2 aromatic carbocycles. The minimum absolute atomic E-state index is 0.227. The predicted molar refractivity (Wildman–Crippen MR) is 97.1 cm³/mol. The summed E-state index contributed by atoms with van der Waals surface area (Å²) in [4.78, 5) is 13.8. The second-order valence-electron chi connectivity index (χ2n) is 5.49. The number of nitrogens with zero attached hydrogens (tertiary/aromatic N) is 3. The molecule has 6 heteroatoms. The molecule has 0 aliphatic carbocycles. The van der Waals surface area contributed by atoms with Crippen molar-refractivity contribution >= 4 is 11.8 Å². The van der Waals surface area contributed by atoms with Crippen LogP contribution in [0.4, 0.5) is 10.6 Å². The summed E-state index contributed by atoms with van der Waals surface area (Å²) in [5, 5.41) is 7.14. The van der Waals surface area contributed by atoms with Crippen molar-refractivity contribution in [2.45, 2.75) is 0 Å².